The van der Waals surface area contributed by atoms with E-state index in [1.165, 1.54) is 0 Å². The molecule has 0 N–H and O–H groups in total. The molecule has 2 rings (SSSR count). The van der Waals surface area contributed by atoms with E-state index in [1.807, 2.05) is 17.5 Å². The molecule has 0 unspecified atom stereocenters. The normalized spacial score (nSPS) is 10.4. The van der Waals surface area contributed by atoms with Crippen molar-refractivity contribution in [2.45, 2.75) is 10.8 Å². The number of pyridine rings is 1. The minimum atomic E-state index is -0.364. The average molecular weight is 331 g/mol. The monoisotopic (exact) mass is 330 g/mol. The summed E-state index contributed by atoms with van der Waals surface area (Å²) in [6, 6.07) is 5.44. The summed E-state index contributed by atoms with van der Waals surface area (Å²) in [5.41, 5.74) is 0.955. The van der Waals surface area contributed by atoms with Gasteiger partial charge in [-0.3, -0.25) is 10.1 Å². The Labute approximate surface area is 114 Å². The van der Waals surface area contributed by atoms with Gasteiger partial charge >= 0.3 is 5.00 Å². The Morgan fingerprint density at radius 2 is 2.35 bits per heavy atom. The minimum Gasteiger partial charge on any atom is -0.258 e. The van der Waals surface area contributed by atoms with Crippen molar-refractivity contribution in [3.63, 3.8) is 0 Å². The fourth-order valence-electron chi connectivity index (χ4n) is 1.14. The Kier molecular flexibility index (Phi) is 4.14. The highest BCUT2D eigenvalue weighted by Gasteiger charge is 2.09. The van der Waals surface area contributed by atoms with E-state index in [1.54, 1.807) is 24.0 Å². The van der Waals surface area contributed by atoms with Crippen LogP contribution < -0.4 is 0 Å². The van der Waals surface area contributed by atoms with Gasteiger partial charge in [0.15, 0.2) is 0 Å². The van der Waals surface area contributed by atoms with Crippen LogP contribution in [0.1, 0.15) is 5.56 Å². The van der Waals surface area contributed by atoms with Crippen molar-refractivity contribution in [1.29, 1.82) is 0 Å². The first-order valence-corrected chi connectivity index (χ1v) is 7.27. The summed E-state index contributed by atoms with van der Waals surface area (Å²) < 4.78 is 0.938. The predicted molar refractivity (Wildman–Crippen MR) is 72.5 cm³/mol. The summed E-state index contributed by atoms with van der Waals surface area (Å²) >= 11 is 6.03. The number of thiophene rings is 1. The third-order valence-electron chi connectivity index (χ3n) is 1.91. The molecule has 88 valence electrons. The summed E-state index contributed by atoms with van der Waals surface area (Å²) in [4.78, 5) is 14.4. The molecule has 0 spiro atoms. The molecule has 2 aromatic heterocycles. The van der Waals surface area contributed by atoms with E-state index in [9.17, 15) is 10.1 Å². The number of thioether (sulfide) groups is 1. The molecule has 0 saturated carbocycles. The Morgan fingerprint density at radius 3 is 2.94 bits per heavy atom. The highest BCUT2D eigenvalue weighted by Crippen LogP contribution is 2.28. The van der Waals surface area contributed by atoms with Crippen LogP contribution in [0, 0.1) is 10.1 Å². The quantitative estimate of drug-likeness (QED) is 0.481. The first-order valence-electron chi connectivity index (χ1n) is 4.61. The highest BCUT2D eigenvalue weighted by molar-refractivity contribution is 9.10. The molecule has 2 aromatic rings. The SMILES string of the molecule is O=[N+]([O-])c1cc(CSc2ccc(Br)cn2)cs1. The van der Waals surface area contributed by atoms with Gasteiger partial charge in [0.2, 0.25) is 0 Å². The van der Waals surface area contributed by atoms with E-state index in [0.717, 1.165) is 26.4 Å². The van der Waals surface area contributed by atoms with E-state index in [0.29, 0.717) is 5.75 Å². The molecule has 0 aliphatic heterocycles. The van der Waals surface area contributed by atoms with Crippen molar-refractivity contribution < 1.29 is 4.92 Å². The summed E-state index contributed by atoms with van der Waals surface area (Å²) in [5, 5.41) is 13.4. The van der Waals surface area contributed by atoms with Gasteiger partial charge in [0.05, 0.1) is 9.95 Å². The molecular formula is C10H7BrN2O2S2. The lowest BCUT2D eigenvalue weighted by molar-refractivity contribution is -0.380. The molecule has 0 aliphatic rings. The Balaban J connectivity index is 1.97. The molecule has 4 nitrogen and oxygen atoms in total. The van der Waals surface area contributed by atoms with Gasteiger partial charge in [-0.05, 0) is 33.6 Å². The Bertz CT molecular complexity index is 527. The first-order chi connectivity index (χ1) is 8.15. The predicted octanol–water partition coefficient (Wildman–Crippen LogP) is 4.11. The van der Waals surface area contributed by atoms with Crippen molar-refractivity contribution in [3.05, 3.63) is 49.9 Å². The van der Waals surface area contributed by atoms with Gasteiger partial charge in [-0.2, -0.15) is 0 Å². The lowest BCUT2D eigenvalue weighted by atomic mass is 10.4. The van der Waals surface area contributed by atoms with E-state index >= 15 is 0 Å². The Hall–Kier alpha value is -0.920. The van der Waals surface area contributed by atoms with Gasteiger partial charge in [0.1, 0.15) is 0 Å². The molecule has 0 amide bonds. The van der Waals surface area contributed by atoms with E-state index in [-0.39, 0.29) is 9.92 Å². The maximum absolute atomic E-state index is 10.5. The van der Waals surface area contributed by atoms with Gasteiger partial charge in [0.25, 0.3) is 0 Å². The highest BCUT2D eigenvalue weighted by atomic mass is 79.9. The zero-order chi connectivity index (χ0) is 12.3. The van der Waals surface area contributed by atoms with Crippen LogP contribution in [-0.2, 0) is 5.75 Å². The summed E-state index contributed by atoms with van der Waals surface area (Å²) in [6.07, 6.45) is 1.73. The Morgan fingerprint density at radius 1 is 1.53 bits per heavy atom. The molecule has 7 heteroatoms. The van der Waals surface area contributed by atoms with Crippen molar-refractivity contribution in [2.75, 3.05) is 0 Å². The standard InChI is InChI=1S/C10H7BrN2O2S2/c11-8-1-2-9(12-4-8)16-5-7-3-10(13(14)15)17-6-7/h1-4,6H,5H2. The summed E-state index contributed by atoms with van der Waals surface area (Å²) in [5.74, 6) is 0.693. The number of hydrogen-bond donors (Lipinski definition) is 0. The molecular weight excluding hydrogens is 324 g/mol. The molecule has 0 radical (unpaired) electrons. The third kappa shape index (κ3) is 3.52. The van der Waals surface area contributed by atoms with Crippen molar-refractivity contribution in [1.82, 2.24) is 4.98 Å². The molecule has 0 atom stereocenters. The molecule has 2 heterocycles. The molecule has 0 bridgehead atoms. The first kappa shape index (κ1) is 12.5. The number of rotatable bonds is 4. The van der Waals surface area contributed by atoms with Crippen LogP contribution in [0.25, 0.3) is 0 Å². The third-order valence-corrected chi connectivity index (χ3v) is 4.32. The van der Waals surface area contributed by atoms with Crippen LogP contribution in [-0.4, -0.2) is 9.91 Å². The van der Waals surface area contributed by atoms with E-state index in [2.05, 4.69) is 20.9 Å². The van der Waals surface area contributed by atoms with Crippen LogP contribution in [0.2, 0.25) is 0 Å². The maximum Gasteiger partial charge on any atom is 0.324 e. The molecule has 0 fully saturated rings. The van der Waals surface area contributed by atoms with Gasteiger partial charge in [0, 0.05) is 27.9 Å². The average Bonchev–Trinajstić information content (AvgIpc) is 2.77. The smallest absolute Gasteiger partial charge is 0.258 e. The fourth-order valence-corrected chi connectivity index (χ4v) is 2.98. The number of aromatic nitrogens is 1. The van der Waals surface area contributed by atoms with Crippen LogP contribution in [0.4, 0.5) is 5.00 Å². The molecule has 17 heavy (non-hydrogen) atoms. The second-order valence-corrected chi connectivity index (χ2v) is 5.95. The number of hydrogen-bond acceptors (Lipinski definition) is 5. The fraction of sp³-hybridized carbons (Fsp3) is 0.100. The molecule has 0 aliphatic carbocycles. The zero-order valence-electron chi connectivity index (χ0n) is 8.50. The lowest BCUT2D eigenvalue weighted by Gasteiger charge is -1.98. The summed E-state index contributed by atoms with van der Waals surface area (Å²) in [7, 11) is 0. The number of halogens is 1. The molecule has 0 saturated heterocycles. The summed E-state index contributed by atoms with van der Waals surface area (Å²) in [6.45, 7) is 0. The van der Waals surface area contributed by atoms with Crippen molar-refractivity contribution in [3.8, 4) is 0 Å². The van der Waals surface area contributed by atoms with Crippen LogP contribution in [0.5, 0.6) is 0 Å². The second-order valence-electron chi connectivity index (χ2n) is 3.15. The number of nitrogens with zero attached hydrogens (tertiary/aromatic N) is 2. The van der Waals surface area contributed by atoms with Crippen LogP contribution in [0.3, 0.4) is 0 Å². The minimum absolute atomic E-state index is 0.185. The second kappa shape index (κ2) is 5.61. The zero-order valence-corrected chi connectivity index (χ0v) is 11.7. The maximum atomic E-state index is 10.5. The van der Waals surface area contributed by atoms with Crippen molar-refractivity contribution >= 4 is 44.0 Å². The van der Waals surface area contributed by atoms with Gasteiger partial charge in [-0.1, -0.05) is 11.3 Å². The van der Waals surface area contributed by atoms with E-state index < -0.39 is 0 Å². The lowest BCUT2D eigenvalue weighted by Crippen LogP contribution is -1.83. The molecule has 0 aromatic carbocycles. The topological polar surface area (TPSA) is 56.0 Å². The number of nitro groups is 1. The largest absolute Gasteiger partial charge is 0.324 e. The van der Waals surface area contributed by atoms with E-state index in [4.69, 9.17) is 0 Å². The van der Waals surface area contributed by atoms with Gasteiger partial charge in [-0.25, -0.2) is 4.98 Å². The van der Waals surface area contributed by atoms with Gasteiger partial charge in [-0.15, -0.1) is 11.8 Å². The van der Waals surface area contributed by atoms with Crippen molar-refractivity contribution in [2.24, 2.45) is 0 Å². The van der Waals surface area contributed by atoms with Crippen LogP contribution in [0.15, 0.2) is 39.3 Å². The van der Waals surface area contributed by atoms with Gasteiger partial charge < -0.3 is 0 Å². The van der Waals surface area contributed by atoms with Crippen LogP contribution >= 0.6 is 39.0 Å².